The fourth-order valence-corrected chi connectivity index (χ4v) is 2.18. The second-order valence-electron chi connectivity index (χ2n) is 8.13. The molecule has 0 aromatic rings. The van der Waals surface area contributed by atoms with Gasteiger partial charge in [0.2, 0.25) is 0 Å². The van der Waals surface area contributed by atoms with Gasteiger partial charge in [-0.25, -0.2) is 0 Å². The summed E-state index contributed by atoms with van der Waals surface area (Å²) in [6, 6.07) is 0. The molecule has 0 aliphatic carbocycles. The van der Waals surface area contributed by atoms with Gasteiger partial charge < -0.3 is 14.0 Å². The van der Waals surface area contributed by atoms with Gasteiger partial charge >= 0.3 is 5.97 Å². The van der Waals surface area contributed by atoms with Crippen molar-refractivity contribution in [3.63, 3.8) is 0 Å². The summed E-state index contributed by atoms with van der Waals surface area (Å²) in [5, 5.41) is 0. The lowest BCUT2D eigenvalue weighted by Crippen LogP contribution is -2.51. The average Bonchev–Trinajstić information content (AvgIpc) is 2.23. The van der Waals surface area contributed by atoms with Crippen molar-refractivity contribution in [2.75, 3.05) is 34.3 Å². The van der Waals surface area contributed by atoms with E-state index in [-0.39, 0.29) is 23.9 Å². The number of hydrogen-bond acceptors (Lipinski definition) is 3. The molecule has 0 radical (unpaired) electrons. The van der Waals surface area contributed by atoms with E-state index in [1.165, 1.54) is 0 Å². The van der Waals surface area contributed by atoms with Crippen molar-refractivity contribution < 1.29 is 18.8 Å². The van der Waals surface area contributed by atoms with Gasteiger partial charge in [-0.05, 0) is 12.8 Å². The Morgan fingerprint density at radius 3 is 2.05 bits per heavy atom. The van der Waals surface area contributed by atoms with Crippen molar-refractivity contribution in [3.05, 3.63) is 0 Å². The average molecular weight is 286 g/mol. The van der Waals surface area contributed by atoms with E-state index in [1.807, 2.05) is 34.6 Å². The van der Waals surface area contributed by atoms with Crippen LogP contribution in [0, 0.1) is 16.7 Å². The van der Waals surface area contributed by atoms with Crippen molar-refractivity contribution in [1.82, 2.24) is 0 Å². The fraction of sp³-hybridized carbons (Fsp3) is 0.875. The summed E-state index contributed by atoms with van der Waals surface area (Å²) >= 11 is 0. The first kappa shape index (κ1) is 19.1. The van der Waals surface area contributed by atoms with Crippen LogP contribution in [0.5, 0.6) is 0 Å². The molecule has 1 atom stereocenters. The molecule has 0 aliphatic heterocycles. The van der Waals surface area contributed by atoms with E-state index in [1.54, 1.807) is 0 Å². The lowest BCUT2D eigenvalue weighted by Gasteiger charge is -2.38. The highest BCUT2D eigenvalue weighted by Gasteiger charge is 2.43. The van der Waals surface area contributed by atoms with Crippen LogP contribution < -0.4 is 0 Å². The van der Waals surface area contributed by atoms with Gasteiger partial charge in [-0.1, -0.05) is 27.7 Å². The Morgan fingerprint density at radius 1 is 1.20 bits per heavy atom. The van der Waals surface area contributed by atoms with E-state index in [0.717, 1.165) is 12.8 Å². The number of aldehydes is 1. The van der Waals surface area contributed by atoms with Crippen LogP contribution >= 0.6 is 0 Å². The van der Waals surface area contributed by atoms with Gasteiger partial charge in [0, 0.05) is 11.8 Å². The van der Waals surface area contributed by atoms with Crippen LogP contribution in [0.1, 0.15) is 41.0 Å². The van der Waals surface area contributed by atoms with Crippen LogP contribution in [0.25, 0.3) is 0 Å². The van der Waals surface area contributed by atoms with Crippen molar-refractivity contribution >= 4 is 12.3 Å². The molecule has 0 amide bonds. The predicted octanol–water partition coefficient (Wildman–Crippen LogP) is 2.51. The molecule has 0 N–H and O–H groups in total. The summed E-state index contributed by atoms with van der Waals surface area (Å²) in [7, 11) is 6.22. The van der Waals surface area contributed by atoms with Gasteiger partial charge in [-0.2, -0.15) is 0 Å². The highest BCUT2D eigenvalue weighted by Crippen LogP contribution is 2.32. The van der Waals surface area contributed by atoms with Gasteiger partial charge in [-0.15, -0.1) is 0 Å². The molecule has 0 spiro atoms. The minimum Gasteiger partial charge on any atom is -0.465 e. The number of rotatable bonds is 8. The molecule has 1 unspecified atom stereocenters. The van der Waals surface area contributed by atoms with Crippen LogP contribution in [0.15, 0.2) is 0 Å². The molecule has 4 heteroatoms. The SMILES string of the molecule is CC(C)C(C)(C[N+](C)(C)C)C(=O)OCC(C)(C)CC=O. The van der Waals surface area contributed by atoms with Gasteiger partial charge in [-0.3, -0.25) is 4.79 Å². The molecular formula is C16H32NO3+. The summed E-state index contributed by atoms with van der Waals surface area (Å²) in [4.78, 5) is 23.1. The van der Waals surface area contributed by atoms with Crippen LogP contribution in [0.4, 0.5) is 0 Å². The molecule has 0 aromatic carbocycles. The third-order valence-electron chi connectivity index (χ3n) is 3.77. The third-order valence-corrected chi connectivity index (χ3v) is 3.77. The van der Waals surface area contributed by atoms with Crippen LogP contribution in [-0.2, 0) is 14.3 Å². The standard InChI is InChI=1S/C16H32NO3/c1-13(2)16(5,11-17(6,7)8)14(19)20-12-15(3,4)9-10-18/h10,13H,9,11-12H2,1-8H3/q+1. The zero-order valence-corrected chi connectivity index (χ0v) is 14.4. The number of carbonyl (C=O) groups excluding carboxylic acids is 2. The Kier molecular flexibility index (Phi) is 6.40. The molecule has 0 rings (SSSR count). The Balaban J connectivity index is 4.88. The lowest BCUT2D eigenvalue weighted by molar-refractivity contribution is -0.876. The van der Waals surface area contributed by atoms with E-state index >= 15 is 0 Å². The topological polar surface area (TPSA) is 43.4 Å². The van der Waals surface area contributed by atoms with E-state index < -0.39 is 5.41 Å². The molecule has 118 valence electrons. The number of quaternary nitrogens is 1. The second kappa shape index (κ2) is 6.70. The maximum Gasteiger partial charge on any atom is 0.317 e. The fourth-order valence-electron chi connectivity index (χ4n) is 2.18. The monoisotopic (exact) mass is 286 g/mol. The normalized spacial score (nSPS) is 15.8. The predicted molar refractivity (Wildman–Crippen MR) is 81.3 cm³/mol. The maximum absolute atomic E-state index is 12.5. The Labute approximate surface area is 124 Å². The smallest absolute Gasteiger partial charge is 0.317 e. The molecule has 0 fully saturated rings. The van der Waals surface area contributed by atoms with Crippen molar-refractivity contribution in [2.45, 2.75) is 41.0 Å². The van der Waals surface area contributed by atoms with E-state index in [9.17, 15) is 9.59 Å². The number of nitrogens with zero attached hydrogens (tertiary/aromatic N) is 1. The quantitative estimate of drug-likeness (QED) is 0.391. The minimum absolute atomic E-state index is 0.167. The van der Waals surface area contributed by atoms with Gasteiger partial charge in [0.25, 0.3) is 0 Å². The third kappa shape index (κ3) is 6.04. The maximum atomic E-state index is 12.5. The van der Waals surface area contributed by atoms with Crippen molar-refractivity contribution in [3.8, 4) is 0 Å². The number of ether oxygens (including phenoxy) is 1. The van der Waals surface area contributed by atoms with Gasteiger partial charge in [0.05, 0.1) is 34.3 Å². The van der Waals surface area contributed by atoms with Crippen molar-refractivity contribution in [2.24, 2.45) is 16.7 Å². The summed E-state index contributed by atoms with van der Waals surface area (Å²) in [6.45, 7) is 10.9. The highest BCUT2D eigenvalue weighted by atomic mass is 16.5. The Morgan fingerprint density at radius 2 is 1.70 bits per heavy atom. The number of carbonyl (C=O) groups is 2. The van der Waals surface area contributed by atoms with Crippen LogP contribution in [-0.4, -0.2) is 51.0 Å². The van der Waals surface area contributed by atoms with E-state index in [0.29, 0.717) is 10.9 Å². The molecular weight excluding hydrogens is 254 g/mol. The molecule has 20 heavy (non-hydrogen) atoms. The minimum atomic E-state index is -0.518. The van der Waals surface area contributed by atoms with E-state index in [4.69, 9.17) is 4.74 Å². The summed E-state index contributed by atoms with van der Waals surface area (Å²) in [5.74, 6) is 0.0288. The highest BCUT2D eigenvalue weighted by molar-refractivity contribution is 5.77. The molecule has 0 bridgehead atoms. The van der Waals surface area contributed by atoms with Crippen molar-refractivity contribution in [1.29, 1.82) is 0 Å². The summed E-state index contributed by atoms with van der Waals surface area (Å²) < 4.78 is 6.23. The molecule has 0 saturated carbocycles. The molecule has 4 nitrogen and oxygen atoms in total. The number of hydrogen-bond donors (Lipinski definition) is 0. The molecule has 0 aliphatic rings. The second-order valence-corrected chi connectivity index (χ2v) is 8.13. The zero-order chi connectivity index (χ0) is 16.2. The summed E-state index contributed by atoms with van der Waals surface area (Å²) in [5.41, 5.74) is -0.818. The summed E-state index contributed by atoms with van der Waals surface area (Å²) in [6.07, 6.45) is 1.27. The van der Waals surface area contributed by atoms with Gasteiger partial charge in [0.1, 0.15) is 11.7 Å². The van der Waals surface area contributed by atoms with Crippen LogP contribution in [0.2, 0.25) is 0 Å². The van der Waals surface area contributed by atoms with Gasteiger partial charge in [0.15, 0.2) is 0 Å². The molecule has 0 saturated heterocycles. The first-order chi connectivity index (χ1) is 8.84. The largest absolute Gasteiger partial charge is 0.465 e. The Bertz CT molecular complexity index is 342. The number of esters is 1. The van der Waals surface area contributed by atoms with Crippen LogP contribution in [0.3, 0.4) is 0 Å². The van der Waals surface area contributed by atoms with E-state index in [2.05, 4.69) is 21.1 Å². The molecule has 0 heterocycles. The molecule has 0 aromatic heterocycles. The first-order valence-corrected chi connectivity index (χ1v) is 7.25. The zero-order valence-electron chi connectivity index (χ0n) is 14.4. The lowest BCUT2D eigenvalue weighted by atomic mass is 9.78. The Hall–Kier alpha value is -0.900. The first-order valence-electron chi connectivity index (χ1n) is 7.25.